The van der Waals surface area contributed by atoms with Crippen LogP contribution in [0.5, 0.6) is 11.5 Å². The molecule has 5 amide bonds. The first-order valence-electron chi connectivity index (χ1n) is 16.8. The summed E-state index contributed by atoms with van der Waals surface area (Å²) in [6.45, 7) is 3.95. The minimum atomic E-state index is -1.07. The third kappa shape index (κ3) is 11.3. The topological polar surface area (TPSA) is 177 Å². The van der Waals surface area contributed by atoms with Crippen molar-refractivity contribution in [3.63, 3.8) is 0 Å². The number of ether oxygens (including phenoxy) is 2. The van der Waals surface area contributed by atoms with E-state index >= 15 is 0 Å². The number of fused-ring (bicyclic) bond motifs is 2. The number of benzene rings is 2. The number of carbonyl (C=O) groups is 5. The lowest BCUT2D eigenvalue weighted by atomic mass is 10.00. The van der Waals surface area contributed by atoms with E-state index in [1.165, 1.54) is 19.4 Å². The lowest BCUT2D eigenvalue weighted by Gasteiger charge is -2.27. The fraction of sp³-hybridized carbons (Fsp3) is 0.405. The standard InChI is InChI=1S/C37H46N6O7/c1-24(2)33-37(48)40-20-9-13-26-16-17-30(49-3)31(22-26)50-23-32(44)39-19-10-15-28(41-34(45)27-14-7-8-18-38-27)35(46)42-29(36(47)43-33)21-25-11-5-4-6-12-25/h4-8,11-12,14,16-18,22,24,28-29,33H,9-10,13,15,19-21,23H2,1-3H3,(H,39,44)(H,40,48)(H,41,45)(H,42,46)(H,43,47)/t28-,29-,33+/m0/s1. The lowest BCUT2D eigenvalue weighted by molar-refractivity contribution is -0.133. The molecule has 2 heterocycles. The first kappa shape index (κ1) is 37.4. The number of rotatable bonds is 6. The molecule has 0 fully saturated rings. The number of pyridine rings is 1. The maximum Gasteiger partial charge on any atom is 0.270 e. The zero-order valence-corrected chi connectivity index (χ0v) is 28.7. The Balaban J connectivity index is 1.60. The molecular weight excluding hydrogens is 640 g/mol. The second-order valence-electron chi connectivity index (χ2n) is 12.4. The fourth-order valence-electron chi connectivity index (χ4n) is 5.45. The molecule has 0 spiro atoms. The molecule has 0 saturated carbocycles. The third-order valence-electron chi connectivity index (χ3n) is 8.20. The zero-order valence-electron chi connectivity index (χ0n) is 28.7. The highest BCUT2D eigenvalue weighted by molar-refractivity contribution is 5.97. The van der Waals surface area contributed by atoms with E-state index in [0.717, 1.165) is 11.1 Å². The van der Waals surface area contributed by atoms with Gasteiger partial charge < -0.3 is 36.1 Å². The molecule has 4 rings (SSSR count). The summed E-state index contributed by atoms with van der Waals surface area (Å²) in [7, 11) is 1.51. The molecule has 1 aliphatic heterocycles. The molecule has 0 saturated heterocycles. The predicted molar refractivity (Wildman–Crippen MR) is 186 cm³/mol. The van der Waals surface area contributed by atoms with Crippen molar-refractivity contribution in [2.75, 3.05) is 26.8 Å². The average Bonchev–Trinajstić information content (AvgIpc) is 3.12. The van der Waals surface area contributed by atoms with Gasteiger partial charge in [-0.3, -0.25) is 29.0 Å². The minimum Gasteiger partial charge on any atom is -0.493 e. The van der Waals surface area contributed by atoms with E-state index in [4.69, 9.17) is 9.47 Å². The SMILES string of the molecule is COc1ccc2cc1OCC(=O)NCCC[C@H](NC(=O)c1ccccn1)C(=O)N[C@@H](Cc1ccccc1)C(=O)N[C@H](C(C)C)C(=O)NCCC2. The molecule has 5 N–H and O–H groups in total. The van der Waals surface area contributed by atoms with Crippen molar-refractivity contribution >= 4 is 29.5 Å². The van der Waals surface area contributed by atoms with Crippen molar-refractivity contribution in [1.82, 2.24) is 31.6 Å². The van der Waals surface area contributed by atoms with Gasteiger partial charge in [-0.2, -0.15) is 0 Å². The van der Waals surface area contributed by atoms with E-state index in [-0.39, 0.29) is 49.4 Å². The number of aryl methyl sites for hydroxylation is 1. The van der Waals surface area contributed by atoms with Gasteiger partial charge in [-0.1, -0.05) is 56.3 Å². The highest BCUT2D eigenvalue weighted by Crippen LogP contribution is 2.28. The molecule has 2 aromatic carbocycles. The summed E-state index contributed by atoms with van der Waals surface area (Å²) < 4.78 is 11.2. The van der Waals surface area contributed by atoms with Crippen molar-refractivity contribution in [2.45, 2.75) is 64.1 Å². The molecule has 2 bridgehead atoms. The van der Waals surface area contributed by atoms with Crippen LogP contribution in [0.2, 0.25) is 0 Å². The largest absolute Gasteiger partial charge is 0.493 e. The number of methoxy groups -OCH3 is 1. The maximum atomic E-state index is 13.8. The first-order chi connectivity index (χ1) is 24.1. The number of amides is 5. The Morgan fingerprint density at radius 3 is 2.40 bits per heavy atom. The van der Waals surface area contributed by atoms with Crippen LogP contribution in [-0.4, -0.2) is 79.5 Å². The Kier molecular flexibility index (Phi) is 14.1. The molecule has 3 aromatic rings. The van der Waals surface area contributed by atoms with Crippen LogP contribution in [0.3, 0.4) is 0 Å². The molecule has 50 heavy (non-hydrogen) atoms. The van der Waals surface area contributed by atoms with Crippen molar-refractivity contribution in [3.8, 4) is 11.5 Å². The summed E-state index contributed by atoms with van der Waals surface area (Å²) in [6.07, 6.45) is 3.29. The second-order valence-corrected chi connectivity index (χ2v) is 12.4. The van der Waals surface area contributed by atoms with Gasteiger partial charge in [-0.25, -0.2) is 0 Å². The van der Waals surface area contributed by atoms with Crippen LogP contribution in [-0.2, 0) is 32.0 Å². The third-order valence-corrected chi connectivity index (χ3v) is 8.20. The number of nitrogens with zero attached hydrogens (tertiary/aromatic N) is 1. The Hall–Kier alpha value is -5.46. The van der Waals surface area contributed by atoms with Crippen molar-refractivity contribution in [1.29, 1.82) is 0 Å². The molecule has 13 nitrogen and oxygen atoms in total. The molecular formula is C37H46N6O7. The van der Waals surface area contributed by atoms with Gasteiger partial charge in [0.1, 0.15) is 23.8 Å². The van der Waals surface area contributed by atoms with E-state index in [0.29, 0.717) is 37.3 Å². The smallest absolute Gasteiger partial charge is 0.270 e. The van der Waals surface area contributed by atoms with Crippen molar-refractivity contribution in [2.24, 2.45) is 5.92 Å². The highest BCUT2D eigenvalue weighted by Gasteiger charge is 2.31. The molecule has 1 aliphatic rings. The van der Waals surface area contributed by atoms with Crippen LogP contribution < -0.4 is 36.1 Å². The van der Waals surface area contributed by atoms with E-state index < -0.39 is 35.8 Å². The Labute approximate surface area is 292 Å². The van der Waals surface area contributed by atoms with Crippen LogP contribution >= 0.6 is 0 Å². The number of carbonyl (C=O) groups excluding carboxylic acids is 5. The van der Waals surface area contributed by atoms with Crippen LogP contribution in [0, 0.1) is 5.92 Å². The predicted octanol–water partition coefficient (Wildman–Crippen LogP) is 2.09. The first-order valence-corrected chi connectivity index (χ1v) is 16.8. The number of hydrogen-bond donors (Lipinski definition) is 5. The van der Waals surface area contributed by atoms with Gasteiger partial charge in [-0.05, 0) is 67.0 Å². The summed E-state index contributed by atoms with van der Waals surface area (Å²) in [5.41, 5.74) is 1.85. The molecule has 3 atom stereocenters. The maximum absolute atomic E-state index is 13.8. The number of hydrogen-bond acceptors (Lipinski definition) is 8. The van der Waals surface area contributed by atoms with Crippen LogP contribution in [0.4, 0.5) is 0 Å². The highest BCUT2D eigenvalue weighted by atomic mass is 16.5. The average molecular weight is 687 g/mol. The Morgan fingerprint density at radius 1 is 0.920 bits per heavy atom. The van der Waals surface area contributed by atoms with Crippen LogP contribution in [0.1, 0.15) is 54.7 Å². The molecule has 0 unspecified atom stereocenters. The van der Waals surface area contributed by atoms with Crippen molar-refractivity contribution in [3.05, 3.63) is 89.7 Å². The monoisotopic (exact) mass is 686 g/mol. The van der Waals surface area contributed by atoms with Crippen LogP contribution in [0.25, 0.3) is 0 Å². The van der Waals surface area contributed by atoms with Gasteiger partial charge in [0.15, 0.2) is 18.1 Å². The Morgan fingerprint density at radius 2 is 1.68 bits per heavy atom. The summed E-state index contributed by atoms with van der Waals surface area (Å²) in [6, 6.07) is 16.5. The van der Waals surface area contributed by atoms with E-state index in [2.05, 4.69) is 31.6 Å². The number of aromatic nitrogens is 1. The summed E-state index contributed by atoms with van der Waals surface area (Å²) in [5.74, 6) is -1.78. The van der Waals surface area contributed by atoms with E-state index in [1.807, 2.05) is 50.2 Å². The van der Waals surface area contributed by atoms with E-state index in [9.17, 15) is 24.0 Å². The zero-order chi connectivity index (χ0) is 35.9. The summed E-state index contributed by atoms with van der Waals surface area (Å²) in [4.78, 5) is 70.9. The fourth-order valence-corrected chi connectivity index (χ4v) is 5.45. The normalized spacial score (nSPS) is 20.0. The van der Waals surface area contributed by atoms with Gasteiger partial charge in [0.2, 0.25) is 17.7 Å². The molecule has 0 aliphatic carbocycles. The second kappa shape index (κ2) is 18.9. The molecule has 13 heteroatoms. The molecule has 0 radical (unpaired) electrons. The Bertz CT molecular complexity index is 1600. The van der Waals surface area contributed by atoms with Crippen LogP contribution in [0.15, 0.2) is 72.9 Å². The lowest BCUT2D eigenvalue weighted by Crippen LogP contribution is -2.58. The quantitative estimate of drug-likeness (QED) is 0.262. The minimum absolute atomic E-state index is 0.118. The molecule has 266 valence electrons. The van der Waals surface area contributed by atoms with Gasteiger partial charge in [0, 0.05) is 25.7 Å². The van der Waals surface area contributed by atoms with Gasteiger partial charge in [-0.15, -0.1) is 0 Å². The summed E-state index contributed by atoms with van der Waals surface area (Å²) >= 11 is 0. The number of nitrogens with one attached hydrogen (secondary N) is 5. The van der Waals surface area contributed by atoms with Gasteiger partial charge in [0.25, 0.3) is 11.8 Å². The van der Waals surface area contributed by atoms with Gasteiger partial charge in [0.05, 0.1) is 7.11 Å². The molecule has 1 aromatic heterocycles. The van der Waals surface area contributed by atoms with E-state index in [1.54, 1.807) is 24.3 Å². The summed E-state index contributed by atoms with van der Waals surface area (Å²) in [5, 5.41) is 14.1. The van der Waals surface area contributed by atoms with Crippen molar-refractivity contribution < 1.29 is 33.4 Å². The van der Waals surface area contributed by atoms with Gasteiger partial charge >= 0.3 is 0 Å².